The number of benzene rings is 1. The number of hydrogen-bond donors (Lipinski definition) is 0. The summed E-state index contributed by atoms with van der Waals surface area (Å²) < 4.78 is 5.51. The van der Waals surface area contributed by atoms with Crippen LogP contribution < -0.4 is 4.90 Å². The number of rotatable bonds is 2. The van der Waals surface area contributed by atoms with Crippen LogP contribution in [0.25, 0.3) is 4.85 Å². The van der Waals surface area contributed by atoms with Crippen molar-refractivity contribution in [3.63, 3.8) is 0 Å². The molecule has 3 rings (SSSR count). The first-order valence-electron chi connectivity index (χ1n) is 10.5. The first-order chi connectivity index (χ1) is 13.3. The standard InChI is InChI=1S/C23H33N3O2/c1-17-6-7-20(16-21(17)24-5)25-12-8-18(9-13-25)19-10-14-26(15-11-19)22(27)28-23(2,3)4/h6-7,16,18-19H,8-15H2,1-4H3. The summed E-state index contributed by atoms with van der Waals surface area (Å²) in [4.78, 5) is 20.2. The molecule has 2 heterocycles. The van der Waals surface area contributed by atoms with Gasteiger partial charge in [0.05, 0.1) is 6.57 Å². The minimum Gasteiger partial charge on any atom is -0.444 e. The first-order valence-corrected chi connectivity index (χ1v) is 10.5. The SMILES string of the molecule is [C-]#[N+]c1cc(N2CCC(C3CCN(C(=O)OC(C)(C)C)CC3)CC2)ccc1C. The predicted octanol–water partition coefficient (Wildman–Crippen LogP) is 5.41. The number of carbonyl (C=O) groups excluding carboxylic acids is 1. The van der Waals surface area contributed by atoms with Crippen molar-refractivity contribution >= 4 is 17.5 Å². The number of likely N-dealkylation sites (tertiary alicyclic amines) is 1. The van der Waals surface area contributed by atoms with E-state index in [2.05, 4.69) is 21.9 Å². The molecule has 152 valence electrons. The lowest BCUT2D eigenvalue weighted by Gasteiger charge is -2.41. The van der Waals surface area contributed by atoms with Crippen LogP contribution in [0.3, 0.4) is 0 Å². The Morgan fingerprint density at radius 1 is 1.07 bits per heavy atom. The van der Waals surface area contributed by atoms with Gasteiger partial charge in [-0.2, -0.15) is 0 Å². The molecule has 0 spiro atoms. The van der Waals surface area contributed by atoms with Crippen molar-refractivity contribution in [2.75, 3.05) is 31.1 Å². The fourth-order valence-corrected chi connectivity index (χ4v) is 4.42. The lowest BCUT2D eigenvalue weighted by atomic mass is 9.79. The lowest BCUT2D eigenvalue weighted by Crippen LogP contribution is -2.44. The number of amides is 1. The van der Waals surface area contributed by atoms with Crippen LogP contribution in [0, 0.1) is 25.3 Å². The Hall–Kier alpha value is -2.22. The second-order valence-electron chi connectivity index (χ2n) is 9.21. The van der Waals surface area contributed by atoms with E-state index < -0.39 is 5.60 Å². The number of piperidine rings is 2. The van der Waals surface area contributed by atoms with E-state index in [1.807, 2.05) is 38.7 Å². The zero-order valence-corrected chi connectivity index (χ0v) is 17.7. The summed E-state index contributed by atoms with van der Waals surface area (Å²) >= 11 is 0. The number of carbonyl (C=O) groups is 1. The highest BCUT2D eigenvalue weighted by Gasteiger charge is 2.32. The van der Waals surface area contributed by atoms with Crippen LogP contribution in [0.15, 0.2) is 18.2 Å². The second kappa shape index (κ2) is 8.43. The monoisotopic (exact) mass is 383 g/mol. The van der Waals surface area contributed by atoms with Crippen molar-refractivity contribution in [1.29, 1.82) is 0 Å². The van der Waals surface area contributed by atoms with Gasteiger partial charge in [-0.1, -0.05) is 6.07 Å². The zero-order valence-electron chi connectivity index (χ0n) is 17.7. The van der Waals surface area contributed by atoms with Gasteiger partial charge < -0.3 is 14.5 Å². The third-order valence-electron chi connectivity index (χ3n) is 6.08. The van der Waals surface area contributed by atoms with Crippen molar-refractivity contribution in [3.05, 3.63) is 35.2 Å². The maximum Gasteiger partial charge on any atom is 0.410 e. The van der Waals surface area contributed by atoms with Crippen LogP contribution in [0.4, 0.5) is 16.2 Å². The van der Waals surface area contributed by atoms with E-state index in [0.717, 1.165) is 56.2 Å². The molecule has 2 aliphatic rings. The molecule has 2 aliphatic heterocycles. The molecule has 0 N–H and O–H groups in total. The fourth-order valence-electron chi connectivity index (χ4n) is 4.42. The maximum absolute atomic E-state index is 12.2. The molecule has 2 saturated heterocycles. The third-order valence-corrected chi connectivity index (χ3v) is 6.08. The Morgan fingerprint density at radius 3 is 2.18 bits per heavy atom. The summed E-state index contributed by atoms with van der Waals surface area (Å²) in [5.74, 6) is 1.44. The largest absolute Gasteiger partial charge is 0.444 e. The molecule has 1 amide bonds. The number of hydrogen-bond acceptors (Lipinski definition) is 3. The van der Waals surface area contributed by atoms with Gasteiger partial charge in [-0.05, 0) is 82.9 Å². The van der Waals surface area contributed by atoms with E-state index in [4.69, 9.17) is 11.3 Å². The Kier molecular flexibility index (Phi) is 6.17. The van der Waals surface area contributed by atoms with Gasteiger partial charge in [0, 0.05) is 31.9 Å². The fraction of sp³-hybridized carbons (Fsp3) is 0.652. The molecule has 0 atom stereocenters. The average Bonchev–Trinajstić information content (AvgIpc) is 2.67. The average molecular weight is 384 g/mol. The van der Waals surface area contributed by atoms with Crippen molar-refractivity contribution in [3.8, 4) is 0 Å². The van der Waals surface area contributed by atoms with E-state index in [1.54, 1.807) is 0 Å². The van der Waals surface area contributed by atoms with Crippen LogP contribution in [0.5, 0.6) is 0 Å². The molecular weight excluding hydrogens is 350 g/mol. The van der Waals surface area contributed by atoms with Gasteiger partial charge in [-0.15, -0.1) is 0 Å². The molecule has 5 nitrogen and oxygen atoms in total. The molecule has 0 saturated carbocycles. The summed E-state index contributed by atoms with van der Waals surface area (Å²) in [6.45, 7) is 18.8. The van der Waals surface area contributed by atoms with Crippen LogP contribution in [0.2, 0.25) is 0 Å². The quantitative estimate of drug-likeness (QED) is 0.641. The highest BCUT2D eigenvalue weighted by molar-refractivity contribution is 5.68. The summed E-state index contributed by atoms with van der Waals surface area (Å²) in [7, 11) is 0. The lowest BCUT2D eigenvalue weighted by molar-refractivity contribution is 0.0152. The first kappa shape index (κ1) is 20.5. The van der Waals surface area contributed by atoms with Crippen molar-refractivity contribution in [1.82, 2.24) is 4.90 Å². The van der Waals surface area contributed by atoms with E-state index in [-0.39, 0.29) is 6.09 Å². The summed E-state index contributed by atoms with van der Waals surface area (Å²) in [6, 6.07) is 6.23. The summed E-state index contributed by atoms with van der Waals surface area (Å²) in [5, 5.41) is 0. The molecule has 0 unspecified atom stereocenters. The smallest absolute Gasteiger partial charge is 0.410 e. The van der Waals surface area contributed by atoms with Gasteiger partial charge in [0.15, 0.2) is 5.69 Å². The molecular formula is C23H33N3O2. The molecule has 2 fully saturated rings. The molecule has 0 aliphatic carbocycles. The predicted molar refractivity (Wildman–Crippen MR) is 113 cm³/mol. The van der Waals surface area contributed by atoms with Crippen LogP contribution >= 0.6 is 0 Å². The molecule has 0 radical (unpaired) electrons. The molecule has 0 bridgehead atoms. The van der Waals surface area contributed by atoms with Crippen molar-refractivity contribution in [2.24, 2.45) is 11.8 Å². The van der Waals surface area contributed by atoms with Gasteiger partial charge in [0.1, 0.15) is 5.60 Å². The Labute approximate surface area is 169 Å². The molecule has 1 aromatic carbocycles. The molecule has 28 heavy (non-hydrogen) atoms. The topological polar surface area (TPSA) is 37.1 Å². The molecule has 5 heteroatoms. The zero-order chi connectivity index (χ0) is 20.3. The second-order valence-corrected chi connectivity index (χ2v) is 9.21. The van der Waals surface area contributed by atoms with E-state index in [1.165, 1.54) is 18.5 Å². The molecule has 1 aromatic rings. The minimum atomic E-state index is -0.427. The van der Waals surface area contributed by atoms with Crippen LogP contribution in [-0.4, -0.2) is 42.8 Å². The van der Waals surface area contributed by atoms with E-state index in [0.29, 0.717) is 5.92 Å². The van der Waals surface area contributed by atoms with Crippen LogP contribution in [-0.2, 0) is 4.74 Å². The van der Waals surface area contributed by atoms with Crippen molar-refractivity contribution < 1.29 is 9.53 Å². The number of ether oxygens (including phenoxy) is 1. The normalized spacial score (nSPS) is 19.4. The van der Waals surface area contributed by atoms with E-state index in [9.17, 15) is 4.79 Å². The highest BCUT2D eigenvalue weighted by atomic mass is 16.6. The number of aryl methyl sites for hydroxylation is 1. The Balaban J connectivity index is 1.49. The van der Waals surface area contributed by atoms with Gasteiger partial charge in [-0.25, -0.2) is 9.64 Å². The van der Waals surface area contributed by atoms with Gasteiger partial charge in [0.25, 0.3) is 0 Å². The highest BCUT2D eigenvalue weighted by Crippen LogP contribution is 2.35. The maximum atomic E-state index is 12.2. The Morgan fingerprint density at radius 2 is 1.64 bits per heavy atom. The number of nitrogens with zero attached hydrogens (tertiary/aromatic N) is 3. The summed E-state index contributed by atoms with van der Waals surface area (Å²) in [6.07, 6.45) is 4.37. The van der Waals surface area contributed by atoms with Gasteiger partial charge >= 0.3 is 6.09 Å². The van der Waals surface area contributed by atoms with Gasteiger partial charge in [0.2, 0.25) is 0 Å². The minimum absolute atomic E-state index is 0.171. The van der Waals surface area contributed by atoms with Gasteiger partial charge in [-0.3, -0.25) is 0 Å². The van der Waals surface area contributed by atoms with E-state index >= 15 is 0 Å². The Bertz CT molecular complexity index is 731. The summed E-state index contributed by atoms with van der Waals surface area (Å²) in [5.41, 5.74) is 2.55. The molecule has 0 aromatic heterocycles. The number of anilines is 1. The van der Waals surface area contributed by atoms with Crippen molar-refractivity contribution in [2.45, 2.75) is 59.0 Å². The third kappa shape index (κ3) is 4.98. The van der Waals surface area contributed by atoms with Crippen LogP contribution in [0.1, 0.15) is 52.0 Å².